The van der Waals surface area contributed by atoms with Gasteiger partial charge in [0.1, 0.15) is 0 Å². The zero-order valence-electron chi connectivity index (χ0n) is 36.4. The zero-order chi connectivity index (χ0) is 42.6. The van der Waals surface area contributed by atoms with Crippen molar-refractivity contribution in [2.45, 2.75) is 0 Å². The molecular weight excluding hydrogens is 677 g/mol. The predicted molar refractivity (Wildman–Crippen MR) is 226 cm³/mol. The van der Waals surface area contributed by atoms with Gasteiger partial charge in [0.15, 0.2) is 17.5 Å². The van der Waals surface area contributed by atoms with Crippen LogP contribution in [-0.4, -0.2) is 19.5 Å². The van der Waals surface area contributed by atoms with Crippen LogP contribution in [0.3, 0.4) is 0 Å². The summed E-state index contributed by atoms with van der Waals surface area (Å²) in [5.74, 6) is 1.06. The van der Waals surface area contributed by atoms with Crippen LogP contribution in [0.2, 0.25) is 0 Å². The molecule has 0 radical (unpaired) electrons. The first-order valence-corrected chi connectivity index (χ1v) is 18.3. The molecule has 0 atom stereocenters. The van der Waals surface area contributed by atoms with Crippen molar-refractivity contribution < 1.29 is 11.0 Å². The third kappa shape index (κ3) is 4.86. The van der Waals surface area contributed by atoms with Gasteiger partial charge in [0, 0.05) is 47.6 Å². The molecule has 54 heavy (non-hydrogen) atoms. The van der Waals surface area contributed by atoms with E-state index in [1.807, 2.05) is 72.8 Å². The third-order valence-corrected chi connectivity index (χ3v) is 11.1. The van der Waals surface area contributed by atoms with Crippen LogP contribution in [0.15, 0.2) is 182 Å². The lowest BCUT2D eigenvalue weighted by molar-refractivity contribution is 1.07. The summed E-state index contributed by atoms with van der Waals surface area (Å²) in [5.41, 5.74) is 4.26. The second kappa shape index (κ2) is 12.3. The molecule has 5 heteroatoms. The van der Waals surface area contributed by atoms with E-state index in [-0.39, 0.29) is 39.7 Å². The van der Waals surface area contributed by atoms with Crippen LogP contribution in [-0.2, 0) is 0 Å². The van der Waals surface area contributed by atoms with Crippen LogP contribution in [0.4, 0.5) is 0 Å². The minimum Gasteiger partial charge on any atom is -0.309 e. The lowest BCUT2D eigenvalue weighted by atomic mass is 9.96. The standard InChI is InChI=1S/C49H30N4S/c1-2-15-32-30-33(29-28-31(32)14-1)34-16-3-4-20-39(34)47-50-48(52-49(51-47)41-23-13-22-38-37-19-8-12-27-45(37)54-46(38)41)40-21-7-11-26-44(40)53-42-24-9-5-17-35(42)36-18-6-10-25-43(36)53/h1-30H/i5D,6D,9D,10D,17D,18D,24D,25D. The number of rotatable bonds is 5. The van der Waals surface area contributed by atoms with E-state index < -0.39 is 36.3 Å². The third-order valence-electron chi connectivity index (χ3n) is 9.93. The van der Waals surface area contributed by atoms with Crippen molar-refractivity contribution in [2.24, 2.45) is 0 Å². The van der Waals surface area contributed by atoms with Gasteiger partial charge in [0.2, 0.25) is 0 Å². The Bertz CT molecular complexity index is 3630. The second-order valence-electron chi connectivity index (χ2n) is 13.0. The maximum Gasteiger partial charge on any atom is 0.166 e. The molecule has 252 valence electrons. The van der Waals surface area contributed by atoms with E-state index >= 15 is 0 Å². The maximum atomic E-state index is 9.18. The minimum absolute atomic E-state index is 0.00872. The SMILES string of the molecule is [2H]c1c([2H])c([2H])c2c(c1[2H])c1c([2H])c([2H])c([2H])c([2H])c1n2-c1ccccc1-c1nc(-c2ccccc2-c2ccc3ccccc3c2)nc(-c2cccc3c2sc2ccccc23)n1. The highest BCUT2D eigenvalue weighted by Crippen LogP contribution is 2.41. The molecule has 3 heterocycles. The van der Waals surface area contributed by atoms with Crippen LogP contribution in [0.25, 0.3) is 104 Å². The Morgan fingerprint density at radius 1 is 0.444 bits per heavy atom. The molecule has 11 rings (SSSR count). The molecule has 0 aliphatic carbocycles. The smallest absolute Gasteiger partial charge is 0.166 e. The summed E-state index contributed by atoms with van der Waals surface area (Å²) < 4.78 is 74.5. The summed E-state index contributed by atoms with van der Waals surface area (Å²) in [4.78, 5) is 15.6. The normalized spacial score (nSPS) is 13.8. The van der Waals surface area contributed by atoms with Crippen molar-refractivity contribution in [3.63, 3.8) is 0 Å². The first-order chi connectivity index (χ1) is 30.1. The highest BCUT2D eigenvalue weighted by Gasteiger charge is 2.21. The quantitative estimate of drug-likeness (QED) is 0.178. The zero-order valence-corrected chi connectivity index (χ0v) is 29.2. The van der Waals surface area contributed by atoms with Crippen LogP contribution in [0.5, 0.6) is 0 Å². The van der Waals surface area contributed by atoms with Crippen molar-refractivity contribution >= 4 is 64.1 Å². The summed E-state index contributed by atoms with van der Waals surface area (Å²) in [6.07, 6.45) is 0. The number of aromatic nitrogens is 4. The lowest BCUT2D eigenvalue weighted by Crippen LogP contribution is -2.04. The van der Waals surface area contributed by atoms with E-state index in [0.717, 1.165) is 53.2 Å². The van der Waals surface area contributed by atoms with Gasteiger partial charge >= 0.3 is 0 Å². The van der Waals surface area contributed by atoms with E-state index in [9.17, 15) is 2.74 Å². The van der Waals surface area contributed by atoms with Crippen LogP contribution in [0.1, 0.15) is 11.0 Å². The molecule has 0 saturated heterocycles. The first-order valence-electron chi connectivity index (χ1n) is 21.5. The fourth-order valence-corrected chi connectivity index (χ4v) is 8.68. The predicted octanol–water partition coefficient (Wildman–Crippen LogP) is 13.2. The van der Waals surface area contributed by atoms with Crippen molar-refractivity contribution in [3.05, 3.63) is 182 Å². The summed E-state index contributed by atoms with van der Waals surface area (Å²) in [7, 11) is 0. The highest BCUT2D eigenvalue weighted by molar-refractivity contribution is 7.26. The topological polar surface area (TPSA) is 43.6 Å². The number of fused-ring (bicyclic) bond motifs is 7. The summed E-state index contributed by atoms with van der Waals surface area (Å²) >= 11 is 1.65. The molecule has 0 aliphatic heterocycles. The van der Waals surface area contributed by atoms with Crippen molar-refractivity contribution in [1.29, 1.82) is 0 Å². The van der Waals surface area contributed by atoms with E-state index in [0.29, 0.717) is 22.9 Å². The Balaban J connectivity index is 1.24. The highest BCUT2D eigenvalue weighted by atomic mass is 32.1. The monoisotopic (exact) mass is 714 g/mol. The van der Waals surface area contributed by atoms with Gasteiger partial charge in [0.05, 0.1) is 27.7 Å². The van der Waals surface area contributed by atoms with Gasteiger partial charge in [-0.15, -0.1) is 11.3 Å². The molecule has 8 aromatic carbocycles. The van der Waals surface area contributed by atoms with Gasteiger partial charge in [-0.3, -0.25) is 0 Å². The Morgan fingerprint density at radius 2 is 1.02 bits per heavy atom. The minimum atomic E-state index is -0.505. The number of para-hydroxylation sites is 3. The van der Waals surface area contributed by atoms with Gasteiger partial charge in [0.25, 0.3) is 0 Å². The fourth-order valence-electron chi connectivity index (χ4n) is 7.47. The number of benzene rings is 8. The van der Waals surface area contributed by atoms with E-state index in [1.54, 1.807) is 23.5 Å². The van der Waals surface area contributed by atoms with Gasteiger partial charge in [-0.2, -0.15) is 0 Å². The molecule has 0 spiro atoms. The van der Waals surface area contributed by atoms with Crippen LogP contribution >= 0.6 is 11.3 Å². The molecule has 0 saturated carbocycles. The first kappa shape index (κ1) is 23.6. The average Bonchev–Trinajstić information content (AvgIpc) is 3.88. The molecule has 0 amide bonds. The van der Waals surface area contributed by atoms with Crippen molar-refractivity contribution in [2.75, 3.05) is 0 Å². The number of hydrogen-bond acceptors (Lipinski definition) is 4. The molecule has 11 aromatic rings. The molecular formula is C49H30N4S. The Morgan fingerprint density at radius 3 is 1.81 bits per heavy atom. The molecule has 0 aliphatic rings. The van der Waals surface area contributed by atoms with Gasteiger partial charge in [-0.05, 0) is 64.3 Å². The summed E-state index contributed by atoms with van der Waals surface area (Å²) in [5, 5.41) is 4.38. The van der Waals surface area contributed by atoms with Crippen molar-refractivity contribution in [1.82, 2.24) is 19.5 Å². The number of hydrogen-bond donors (Lipinski definition) is 0. The van der Waals surface area contributed by atoms with Crippen molar-refractivity contribution in [3.8, 4) is 51.0 Å². The summed E-state index contributed by atoms with van der Waals surface area (Å²) in [6, 6.07) is 40.4. The fraction of sp³-hybridized carbons (Fsp3) is 0. The second-order valence-corrected chi connectivity index (χ2v) is 14.0. The molecule has 3 aromatic heterocycles. The molecule has 4 nitrogen and oxygen atoms in total. The Labute approximate surface area is 326 Å². The largest absolute Gasteiger partial charge is 0.309 e. The van der Waals surface area contributed by atoms with Crippen LogP contribution < -0.4 is 0 Å². The Kier molecular flexibility index (Phi) is 5.39. The molecule has 0 fully saturated rings. The lowest BCUT2D eigenvalue weighted by Gasteiger charge is -2.15. The van der Waals surface area contributed by atoms with E-state index in [4.69, 9.17) is 23.2 Å². The van der Waals surface area contributed by atoms with E-state index in [1.165, 1.54) is 4.57 Å². The maximum absolute atomic E-state index is 9.18. The Hall–Kier alpha value is -6.95. The van der Waals surface area contributed by atoms with Crippen LogP contribution in [0, 0.1) is 0 Å². The summed E-state index contributed by atoms with van der Waals surface area (Å²) in [6.45, 7) is 0. The number of thiophene rings is 1. The molecule has 0 N–H and O–H groups in total. The van der Waals surface area contributed by atoms with Gasteiger partial charge < -0.3 is 4.57 Å². The number of nitrogens with zero attached hydrogens (tertiary/aromatic N) is 4. The average molecular weight is 715 g/mol. The molecule has 0 unspecified atom stereocenters. The van der Waals surface area contributed by atoms with Gasteiger partial charge in [-0.25, -0.2) is 15.0 Å². The molecule has 0 bridgehead atoms. The van der Waals surface area contributed by atoms with Gasteiger partial charge in [-0.1, -0.05) is 139 Å². The van der Waals surface area contributed by atoms with E-state index in [2.05, 4.69) is 48.5 Å².